The summed E-state index contributed by atoms with van der Waals surface area (Å²) >= 11 is 0. The fourth-order valence-electron chi connectivity index (χ4n) is 3.00. The number of hydrogen-bond donors (Lipinski definition) is 0. The maximum atomic E-state index is 5.02. The molecule has 0 fully saturated rings. The van der Waals surface area contributed by atoms with Gasteiger partial charge in [-0.3, -0.25) is 0 Å². The Morgan fingerprint density at radius 3 is 2.25 bits per heavy atom. The van der Waals surface area contributed by atoms with Gasteiger partial charge in [0.15, 0.2) is 5.82 Å². The number of nitrogens with zero attached hydrogens (tertiary/aromatic N) is 2. The second-order valence-corrected chi connectivity index (χ2v) is 16.6. The lowest BCUT2D eigenvalue weighted by Gasteiger charge is -2.38. The molecule has 0 saturated carbocycles. The van der Waals surface area contributed by atoms with Gasteiger partial charge in [0.2, 0.25) is 0 Å². The van der Waals surface area contributed by atoms with E-state index in [2.05, 4.69) is 61.6 Å². The van der Waals surface area contributed by atoms with Crippen LogP contribution in [-0.4, -0.2) is 26.1 Å². The first-order valence-electron chi connectivity index (χ1n) is 7.34. The zero-order valence-electron chi connectivity index (χ0n) is 12.8. The highest BCUT2D eigenvalue weighted by atomic mass is 28.3. The quantitative estimate of drug-likeness (QED) is 0.756. The standard InChI is InChI=1S/C16H22N2Si2/c1-19(2)10-11-20(3,4)16-14(19)12-17-15(18-16)13-8-6-5-7-9-13/h5-9,12H,10-11H2,1-4H3. The monoisotopic (exact) mass is 298 g/mol. The summed E-state index contributed by atoms with van der Waals surface area (Å²) in [5.41, 5.74) is 1.13. The molecule has 2 nitrogen and oxygen atoms in total. The van der Waals surface area contributed by atoms with E-state index in [1.54, 1.807) is 0 Å². The molecule has 2 aromatic rings. The normalized spacial score (nSPS) is 19.4. The molecule has 4 heteroatoms. The smallest absolute Gasteiger partial charge is 0.158 e. The minimum atomic E-state index is -1.38. The van der Waals surface area contributed by atoms with Crippen molar-refractivity contribution in [3.8, 4) is 11.4 Å². The third kappa shape index (κ3) is 2.27. The molecule has 20 heavy (non-hydrogen) atoms. The summed E-state index contributed by atoms with van der Waals surface area (Å²) in [5.74, 6) is 0.900. The van der Waals surface area contributed by atoms with Crippen molar-refractivity contribution < 1.29 is 0 Å². The molecule has 0 spiro atoms. The van der Waals surface area contributed by atoms with E-state index in [0.717, 1.165) is 11.4 Å². The molecular formula is C16H22N2Si2. The molecule has 0 aliphatic carbocycles. The van der Waals surface area contributed by atoms with E-state index in [4.69, 9.17) is 4.98 Å². The van der Waals surface area contributed by atoms with E-state index >= 15 is 0 Å². The van der Waals surface area contributed by atoms with Crippen molar-refractivity contribution in [3.05, 3.63) is 36.5 Å². The largest absolute Gasteiger partial charge is 0.238 e. The molecule has 1 aromatic heterocycles. The highest BCUT2D eigenvalue weighted by molar-refractivity contribution is 7.02. The maximum Gasteiger partial charge on any atom is 0.158 e. The van der Waals surface area contributed by atoms with Gasteiger partial charge in [-0.15, -0.1) is 0 Å². The Morgan fingerprint density at radius 2 is 1.55 bits per heavy atom. The second-order valence-electron chi connectivity index (χ2n) is 7.09. The van der Waals surface area contributed by atoms with Crippen LogP contribution >= 0.6 is 0 Å². The Labute approximate surface area is 123 Å². The first-order valence-corrected chi connectivity index (χ1v) is 13.7. The number of rotatable bonds is 1. The maximum absolute atomic E-state index is 5.02. The molecule has 0 bridgehead atoms. The fourth-order valence-corrected chi connectivity index (χ4v) is 12.8. The van der Waals surface area contributed by atoms with Gasteiger partial charge in [0, 0.05) is 17.1 Å². The summed E-state index contributed by atoms with van der Waals surface area (Å²) in [6.07, 6.45) is 2.14. The molecule has 1 aromatic carbocycles. The zero-order valence-corrected chi connectivity index (χ0v) is 14.8. The lowest BCUT2D eigenvalue weighted by Crippen LogP contribution is -2.65. The predicted octanol–water partition coefficient (Wildman–Crippen LogP) is 2.99. The summed E-state index contributed by atoms with van der Waals surface area (Å²) in [6, 6.07) is 13.1. The number of aromatic nitrogens is 2. The van der Waals surface area contributed by atoms with Crippen LogP contribution in [-0.2, 0) is 0 Å². The van der Waals surface area contributed by atoms with Crippen molar-refractivity contribution in [1.29, 1.82) is 0 Å². The van der Waals surface area contributed by atoms with Gasteiger partial charge in [-0.25, -0.2) is 9.97 Å². The van der Waals surface area contributed by atoms with Crippen molar-refractivity contribution in [1.82, 2.24) is 9.97 Å². The van der Waals surface area contributed by atoms with Crippen LogP contribution in [0.2, 0.25) is 38.3 Å². The fraction of sp³-hybridized carbons (Fsp3) is 0.375. The first-order chi connectivity index (χ1) is 9.40. The molecule has 0 unspecified atom stereocenters. The Kier molecular flexibility index (Phi) is 3.18. The Balaban J connectivity index is 2.16. The molecule has 1 aliphatic heterocycles. The second kappa shape index (κ2) is 4.63. The molecule has 0 N–H and O–H groups in total. The van der Waals surface area contributed by atoms with Crippen molar-refractivity contribution in [3.63, 3.8) is 0 Å². The molecule has 104 valence electrons. The van der Waals surface area contributed by atoms with E-state index in [9.17, 15) is 0 Å². The van der Waals surface area contributed by atoms with Crippen LogP contribution in [0.3, 0.4) is 0 Å². The van der Waals surface area contributed by atoms with Gasteiger partial charge >= 0.3 is 0 Å². The van der Waals surface area contributed by atoms with Gasteiger partial charge in [0.25, 0.3) is 0 Å². The lowest BCUT2D eigenvalue weighted by molar-refractivity contribution is 1.17. The Morgan fingerprint density at radius 1 is 0.900 bits per heavy atom. The van der Waals surface area contributed by atoms with Gasteiger partial charge in [0.05, 0.1) is 8.07 Å². The van der Waals surface area contributed by atoms with E-state index in [1.165, 1.54) is 22.6 Å². The van der Waals surface area contributed by atoms with Crippen LogP contribution in [0.5, 0.6) is 0 Å². The van der Waals surface area contributed by atoms with Crippen LogP contribution < -0.4 is 10.5 Å². The topological polar surface area (TPSA) is 25.8 Å². The summed E-state index contributed by atoms with van der Waals surface area (Å²) in [6.45, 7) is 9.83. The molecule has 1 aliphatic rings. The van der Waals surface area contributed by atoms with E-state index in [-0.39, 0.29) is 0 Å². The van der Waals surface area contributed by atoms with Gasteiger partial charge in [-0.1, -0.05) is 68.6 Å². The molecule has 3 rings (SSSR count). The van der Waals surface area contributed by atoms with Crippen LogP contribution in [0.1, 0.15) is 0 Å². The van der Waals surface area contributed by atoms with Crippen molar-refractivity contribution in [2.75, 3.05) is 0 Å². The minimum absolute atomic E-state index is 0.900. The van der Waals surface area contributed by atoms with E-state index in [1.807, 2.05) is 6.07 Å². The number of hydrogen-bond acceptors (Lipinski definition) is 2. The van der Waals surface area contributed by atoms with Crippen molar-refractivity contribution in [2.45, 2.75) is 38.3 Å². The van der Waals surface area contributed by atoms with Crippen LogP contribution in [0, 0.1) is 0 Å². The zero-order chi connectivity index (χ0) is 14.4. The highest BCUT2D eigenvalue weighted by Gasteiger charge is 2.41. The van der Waals surface area contributed by atoms with E-state index < -0.39 is 16.1 Å². The summed E-state index contributed by atoms with van der Waals surface area (Å²) < 4.78 is 0. The predicted molar refractivity (Wildman–Crippen MR) is 91.3 cm³/mol. The molecule has 0 atom stereocenters. The minimum Gasteiger partial charge on any atom is -0.238 e. The SMILES string of the molecule is C[Si]1(C)CC[Si](C)(C)c2nc(-c3ccccc3)ncc21. The van der Waals surface area contributed by atoms with Crippen LogP contribution in [0.15, 0.2) is 36.5 Å². The molecule has 0 amide bonds. The third-order valence-corrected chi connectivity index (χ3v) is 11.8. The molecular weight excluding hydrogens is 276 g/mol. The Bertz CT molecular complexity index is 636. The summed E-state index contributed by atoms with van der Waals surface area (Å²) in [7, 11) is -2.69. The number of fused-ring (bicyclic) bond motifs is 1. The summed E-state index contributed by atoms with van der Waals surface area (Å²) in [4.78, 5) is 9.69. The highest BCUT2D eigenvalue weighted by Crippen LogP contribution is 2.25. The van der Waals surface area contributed by atoms with Crippen LogP contribution in [0.25, 0.3) is 11.4 Å². The first kappa shape index (κ1) is 13.7. The average molecular weight is 299 g/mol. The van der Waals surface area contributed by atoms with Crippen LogP contribution in [0.4, 0.5) is 0 Å². The summed E-state index contributed by atoms with van der Waals surface area (Å²) in [5, 5.41) is 2.94. The van der Waals surface area contributed by atoms with Gasteiger partial charge < -0.3 is 0 Å². The van der Waals surface area contributed by atoms with Crippen molar-refractivity contribution >= 4 is 26.7 Å². The molecule has 0 radical (unpaired) electrons. The van der Waals surface area contributed by atoms with Crippen molar-refractivity contribution in [2.24, 2.45) is 0 Å². The van der Waals surface area contributed by atoms with Gasteiger partial charge in [0.1, 0.15) is 8.07 Å². The Hall–Kier alpha value is -1.27. The van der Waals surface area contributed by atoms with E-state index in [0.29, 0.717) is 0 Å². The molecule has 0 saturated heterocycles. The lowest BCUT2D eigenvalue weighted by atomic mass is 10.2. The number of benzene rings is 1. The molecule has 2 heterocycles. The average Bonchev–Trinajstić information content (AvgIpc) is 2.45. The third-order valence-electron chi connectivity index (χ3n) is 4.57. The van der Waals surface area contributed by atoms with Gasteiger partial charge in [-0.05, 0) is 5.19 Å². The van der Waals surface area contributed by atoms with Gasteiger partial charge in [-0.2, -0.15) is 0 Å².